The van der Waals surface area contributed by atoms with Crippen LogP contribution in [0.15, 0.2) is 22.7 Å². The highest BCUT2D eigenvalue weighted by Gasteiger charge is 2.37. The van der Waals surface area contributed by atoms with Crippen molar-refractivity contribution in [3.63, 3.8) is 0 Å². The van der Waals surface area contributed by atoms with Gasteiger partial charge < -0.3 is 9.64 Å². The van der Waals surface area contributed by atoms with Crippen molar-refractivity contribution in [2.45, 2.75) is 12.6 Å². The molecule has 1 atom stereocenters. The van der Waals surface area contributed by atoms with Crippen LogP contribution in [0.3, 0.4) is 0 Å². The van der Waals surface area contributed by atoms with Gasteiger partial charge in [0.15, 0.2) is 0 Å². The van der Waals surface area contributed by atoms with Crippen LogP contribution < -0.4 is 4.90 Å². The monoisotopic (exact) mass is 365 g/mol. The van der Waals surface area contributed by atoms with Gasteiger partial charge in [0, 0.05) is 17.4 Å². The fraction of sp³-hybridized carbons (Fsp3) is 0.385. The van der Waals surface area contributed by atoms with Gasteiger partial charge in [0.25, 0.3) is 0 Å². The Kier molecular flexibility index (Phi) is 4.27. The zero-order valence-electron chi connectivity index (χ0n) is 10.9. The third kappa shape index (κ3) is 3.20. The van der Waals surface area contributed by atoms with Crippen LogP contribution in [0.4, 0.5) is 18.9 Å². The number of anilines is 1. The number of methoxy groups -OCH3 is 1. The summed E-state index contributed by atoms with van der Waals surface area (Å²) < 4.78 is 42.5. The maximum Gasteiger partial charge on any atom is 0.416 e. The lowest BCUT2D eigenvalue weighted by atomic mass is 10.1. The summed E-state index contributed by atoms with van der Waals surface area (Å²) in [5.74, 6) is -1.43. The van der Waals surface area contributed by atoms with E-state index in [2.05, 4.69) is 20.7 Å². The number of hydrogen-bond acceptors (Lipinski definition) is 3. The number of carbonyl (C=O) groups is 2. The molecule has 0 saturated carbocycles. The van der Waals surface area contributed by atoms with Crippen molar-refractivity contribution in [1.29, 1.82) is 0 Å². The number of hydrogen-bond donors (Lipinski definition) is 0. The van der Waals surface area contributed by atoms with Crippen molar-refractivity contribution in [3.8, 4) is 0 Å². The van der Waals surface area contributed by atoms with Crippen LogP contribution in [-0.4, -0.2) is 25.5 Å². The second kappa shape index (κ2) is 5.67. The molecule has 0 radical (unpaired) electrons. The molecule has 0 aliphatic carbocycles. The molecule has 4 nitrogen and oxygen atoms in total. The minimum atomic E-state index is -4.45. The lowest BCUT2D eigenvalue weighted by molar-refractivity contribution is -0.145. The van der Waals surface area contributed by atoms with E-state index in [0.29, 0.717) is 5.69 Å². The van der Waals surface area contributed by atoms with Crippen molar-refractivity contribution in [2.75, 3.05) is 18.6 Å². The minimum Gasteiger partial charge on any atom is -0.469 e. The minimum absolute atomic E-state index is 0.0138. The SMILES string of the molecule is COC(=O)C1CC(=O)N(c2ccc(C(F)(F)F)cc2Br)C1. The van der Waals surface area contributed by atoms with Gasteiger partial charge in [-0.15, -0.1) is 0 Å². The number of carbonyl (C=O) groups excluding carboxylic acids is 2. The molecule has 1 saturated heterocycles. The number of nitrogens with zero attached hydrogens (tertiary/aromatic N) is 1. The second-order valence-electron chi connectivity index (χ2n) is 4.59. The normalized spacial score (nSPS) is 19.0. The van der Waals surface area contributed by atoms with E-state index in [-0.39, 0.29) is 23.3 Å². The van der Waals surface area contributed by atoms with Crippen LogP contribution in [0.5, 0.6) is 0 Å². The number of amides is 1. The van der Waals surface area contributed by atoms with Crippen LogP contribution >= 0.6 is 15.9 Å². The molecule has 0 spiro atoms. The van der Waals surface area contributed by atoms with Gasteiger partial charge in [-0.25, -0.2) is 0 Å². The third-order valence-corrected chi connectivity index (χ3v) is 3.86. The molecule has 0 aromatic heterocycles. The summed E-state index contributed by atoms with van der Waals surface area (Å²) in [4.78, 5) is 24.6. The van der Waals surface area contributed by atoms with Gasteiger partial charge in [0.05, 0.1) is 24.3 Å². The van der Waals surface area contributed by atoms with E-state index < -0.39 is 23.6 Å². The number of esters is 1. The maximum absolute atomic E-state index is 12.6. The first-order chi connectivity index (χ1) is 9.74. The molecule has 21 heavy (non-hydrogen) atoms. The lowest BCUT2D eigenvalue weighted by Gasteiger charge is -2.19. The average Bonchev–Trinajstić information content (AvgIpc) is 2.78. The molecule has 8 heteroatoms. The summed E-state index contributed by atoms with van der Waals surface area (Å²) in [6.07, 6.45) is -4.47. The molecule has 1 aliphatic rings. The summed E-state index contributed by atoms with van der Waals surface area (Å²) in [6, 6.07) is 3.03. The lowest BCUT2D eigenvalue weighted by Crippen LogP contribution is -2.26. The average molecular weight is 366 g/mol. The van der Waals surface area contributed by atoms with E-state index in [1.54, 1.807) is 0 Å². The van der Waals surface area contributed by atoms with E-state index in [1.165, 1.54) is 18.1 Å². The first-order valence-corrected chi connectivity index (χ1v) is 6.78. The Morgan fingerprint density at radius 1 is 1.43 bits per heavy atom. The highest BCUT2D eigenvalue weighted by molar-refractivity contribution is 9.10. The van der Waals surface area contributed by atoms with Crippen molar-refractivity contribution in [3.05, 3.63) is 28.2 Å². The Hall–Kier alpha value is -1.57. The molecule has 1 amide bonds. The molecule has 1 aromatic carbocycles. The summed E-state index contributed by atoms with van der Waals surface area (Å²) >= 11 is 3.04. The van der Waals surface area contributed by atoms with Crippen LogP contribution in [0.1, 0.15) is 12.0 Å². The summed E-state index contributed by atoms with van der Waals surface area (Å²) in [6.45, 7) is 0.0927. The van der Waals surface area contributed by atoms with Gasteiger partial charge in [-0.05, 0) is 34.1 Å². The van der Waals surface area contributed by atoms with Gasteiger partial charge >= 0.3 is 12.1 Å². The van der Waals surface area contributed by atoms with Gasteiger partial charge in [0.2, 0.25) is 5.91 Å². The number of ether oxygens (including phenoxy) is 1. The van der Waals surface area contributed by atoms with Crippen molar-refractivity contribution < 1.29 is 27.5 Å². The third-order valence-electron chi connectivity index (χ3n) is 3.23. The van der Waals surface area contributed by atoms with Crippen molar-refractivity contribution >= 4 is 33.5 Å². The molecule has 2 rings (SSSR count). The first kappa shape index (κ1) is 15.8. The molecule has 114 valence electrons. The quantitative estimate of drug-likeness (QED) is 0.757. The Labute approximate surface area is 127 Å². The molecule has 0 N–H and O–H groups in total. The first-order valence-electron chi connectivity index (χ1n) is 5.99. The molecule has 1 aromatic rings. The van der Waals surface area contributed by atoms with Crippen LogP contribution in [0.25, 0.3) is 0 Å². The largest absolute Gasteiger partial charge is 0.469 e. The van der Waals surface area contributed by atoms with Crippen molar-refractivity contribution in [2.24, 2.45) is 5.92 Å². The van der Waals surface area contributed by atoms with E-state index in [4.69, 9.17) is 0 Å². The zero-order valence-corrected chi connectivity index (χ0v) is 12.5. The van der Waals surface area contributed by atoms with Gasteiger partial charge in [0.1, 0.15) is 0 Å². The Bertz CT molecular complexity index is 589. The van der Waals surface area contributed by atoms with Crippen molar-refractivity contribution in [1.82, 2.24) is 0 Å². The predicted molar refractivity (Wildman–Crippen MR) is 71.6 cm³/mol. The summed E-state index contributed by atoms with van der Waals surface area (Å²) in [5, 5.41) is 0. The van der Waals surface area contributed by atoms with Crippen LogP contribution in [0, 0.1) is 5.92 Å². The highest BCUT2D eigenvalue weighted by Crippen LogP contribution is 2.37. The molecule has 0 bridgehead atoms. The Morgan fingerprint density at radius 2 is 2.10 bits per heavy atom. The Morgan fingerprint density at radius 3 is 2.62 bits per heavy atom. The van der Waals surface area contributed by atoms with Crippen LogP contribution in [-0.2, 0) is 20.5 Å². The Balaban J connectivity index is 2.27. The van der Waals surface area contributed by atoms with E-state index in [0.717, 1.165) is 12.1 Å². The predicted octanol–water partition coefficient (Wildman–Crippen LogP) is 2.99. The smallest absolute Gasteiger partial charge is 0.416 e. The number of halogens is 4. The molecule has 1 aliphatic heterocycles. The van der Waals surface area contributed by atoms with E-state index in [1.807, 2.05) is 0 Å². The molecule has 1 heterocycles. The maximum atomic E-state index is 12.6. The van der Waals surface area contributed by atoms with Gasteiger partial charge in [-0.3, -0.25) is 9.59 Å². The highest BCUT2D eigenvalue weighted by atomic mass is 79.9. The van der Waals surface area contributed by atoms with E-state index >= 15 is 0 Å². The summed E-state index contributed by atoms with van der Waals surface area (Å²) in [7, 11) is 1.23. The number of benzene rings is 1. The summed E-state index contributed by atoms with van der Waals surface area (Å²) in [5.41, 5.74) is -0.506. The fourth-order valence-electron chi connectivity index (χ4n) is 2.17. The topological polar surface area (TPSA) is 46.6 Å². The molecular formula is C13H11BrF3NO3. The van der Waals surface area contributed by atoms with E-state index in [9.17, 15) is 22.8 Å². The molecular weight excluding hydrogens is 355 g/mol. The number of rotatable bonds is 2. The van der Waals surface area contributed by atoms with Crippen LogP contribution in [0.2, 0.25) is 0 Å². The number of alkyl halides is 3. The van der Waals surface area contributed by atoms with Gasteiger partial charge in [-0.1, -0.05) is 0 Å². The second-order valence-corrected chi connectivity index (χ2v) is 5.45. The van der Waals surface area contributed by atoms with Gasteiger partial charge in [-0.2, -0.15) is 13.2 Å². The standard InChI is InChI=1S/C13H11BrF3NO3/c1-21-12(20)7-4-11(19)18(6-7)10-3-2-8(5-9(10)14)13(15,16)17/h2-3,5,7H,4,6H2,1H3. The fourth-order valence-corrected chi connectivity index (χ4v) is 2.76. The zero-order chi connectivity index (χ0) is 15.8. The molecule has 1 unspecified atom stereocenters. The molecule has 1 fully saturated rings.